The number of halogens is 2. The molecular weight excluding hydrogens is 307 g/mol. The van der Waals surface area contributed by atoms with Gasteiger partial charge >= 0.3 is 0 Å². The van der Waals surface area contributed by atoms with Gasteiger partial charge in [-0.05, 0) is 62.4 Å². The van der Waals surface area contributed by atoms with Gasteiger partial charge in [-0.3, -0.25) is 4.79 Å². The van der Waals surface area contributed by atoms with E-state index in [0.29, 0.717) is 28.8 Å². The smallest absolute Gasteiger partial charge is 0.220 e. The number of hydrogen-bond donors (Lipinski definition) is 2. The van der Waals surface area contributed by atoms with Crippen LogP contribution in [0.3, 0.4) is 0 Å². The van der Waals surface area contributed by atoms with Gasteiger partial charge < -0.3 is 10.6 Å². The molecule has 1 aliphatic heterocycles. The first kappa shape index (κ1) is 16.6. The molecule has 1 aliphatic rings. The average Bonchev–Trinajstić information content (AvgIpc) is 2.47. The Kier molecular flexibility index (Phi) is 6.81. The van der Waals surface area contributed by atoms with E-state index in [1.165, 1.54) is 12.8 Å². The third-order valence-corrected chi connectivity index (χ3v) is 4.50. The third kappa shape index (κ3) is 5.85. The van der Waals surface area contributed by atoms with Gasteiger partial charge in [-0.1, -0.05) is 29.3 Å². The van der Waals surface area contributed by atoms with E-state index in [9.17, 15) is 4.79 Å². The maximum atomic E-state index is 11.8. The maximum Gasteiger partial charge on any atom is 0.220 e. The van der Waals surface area contributed by atoms with Crippen LogP contribution >= 0.6 is 23.2 Å². The standard InChI is InChI=1S/C16H22Cl2N2O/c17-14-5-3-13(15(18)10-14)4-6-16(21)20-9-7-12-2-1-8-19-11-12/h3,5,10,12,19H,1-2,4,6-9,11H2,(H,20,21). The molecule has 0 aliphatic carbocycles. The molecule has 0 spiro atoms. The summed E-state index contributed by atoms with van der Waals surface area (Å²) in [6.45, 7) is 2.97. The number of benzene rings is 1. The van der Waals surface area contributed by atoms with Crippen LogP contribution in [-0.4, -0.2) is 25.5 Å². The lowest BCUT2D eigenvalue weighted by molar-refractivity contribution is -0.121. The van der Waals surface area contributed by atoms with Crippen molar-refractivity contribution in [2.75, 3.05) is 19.6 Å². The van der Waals surface area contributed by atoms with Crippen molar-refractivity contribution in [1.29, 1.82) is 0 Å². The van der Waals surface area contributed by atoms with E-state index < -0.39 is 0 Å². The summed E-state index contributed by atoms with van der Waals surface area (Å²) >= 11 is 11.9. The van der Waals surface area contributed by atoms with E-state index in [1.54, 1.807) is 12.1 Å². The topological polar surface area (TPSA) is 41.1 Å². The van der Waals surface area contributed by atoms with Crippen molar-refractivity contribution in [2.24, 2.45) is 5.92 Å². The number of amides is 1. The van der Waals surface area contributed by atoms with E-state index in [1.807, 2.05) is 6.07 Å². The second-order valence-corrected chi connectivity index (χ2v) is 6.43. The Morgan fingerprint density at radius 3 is 2.95 bits per heavy atom. The Labute approximate surface area is 136 Å². The zero-order chi connectivity index (χ0) is 15.1. The molecule has 1 aromatic carbocycles. The van der Waals surface area contributed by atoms with E-state index in [2.05, 4.69) is 10.6 Å². The van der Waals surface area contributed by atoms with E-state index in [0.717, 1.165) is 31.6 Å². The normalized spacial score (nSPS) is 18.5. The van der Waals surface area contributed by atoms with Gasteiger partial charge in [0.15, 0.2) is 0 Å². The van der Waals surface area contributed by atoms with Crippen LogP contribution in [0.1, 0.15) is 31.2 Å². The van der Waals surface area contributed by atoms with Gasteiger partial charge in [0.25, 0.3) is 0 Å². The second-order valence-electron chi connectivity index (χ2n) is 5.59. The number of rotatable bonds is 6. The summed E-state index contributed by atoms with van der Waals surface area (Å²) in [5.41, 5.74) is 0.965. The summed E-state index contributed by atoms with van der Waals surface area (Å²) in [5, 5.41) is 7.64. The van der Waals surface area contributed by atoms with Crippen LogP contribution in [0.5, 0.6) is 0 Å². The van der Waals surface area contributed by atoms with Crippen molar-refractivity contribution in [3.05, 3.63) is 33.8 Å². The Morgan fingerprint density at radius 2 is 2.24 bits per heavy atom. The molecular formula is C16H22Cl2N2O. The Morgan fingerprint density at radius 1 is 1.38 bits per heavy atom. The van der Waals surface area contributed by atoms with Crippen LogP contribution in [0, 0.1) is 5.92 Å². The molecule has 3 nitrogen and oxygen atoms in total. The summed E-state index contributed by atoms with van der Waals surface area (Å²) < 4.78 is 0. The quantitative estimate of drug-likeness (QED) is 0.839. The van der Waals surface area contributed by atoms with Crippen LogP contribution in [0.4, 0.5) is 0 Å². The van der Waals surface area contributed by atoms with Crippen molar-refractivity contribution in [3.8, 4) is 0 Å². The largest absolute Gasteiger partial charge is 0.356 e. The summed E-state index contributed by atoms with van der Waals surface area (Å²) in [6, 6.07) is 5.40. The van der Waals surface area contributed by atoms with Crippen molar-refractivity contribution >= 4 is 29.1 Å². The lowest BCUT2D eigenvalue weighted by atomic mass is 9.96. The van der Waals surface area contributed by atoms with Crippen molar-refractivity contribution in [1.82, 2.24) is 10.6 Å². The molecule has 1 saturated heterocycles. The van der Waals surface area contributed by atoms with Crippen molar-refractivity contribution in [3.63, 3.8) is 0 Å². The number of piperidine rings is 1. The number of aryl methyl sites for hydroxylation is 1. The summed E-state index contributed by atoms with van der Waals surface area (Å²) in [4.78, 5) is 11.8. The average molecular weight is 329 g/mol. The fourth-order valence-electron chi connectivity index (χ4n) is 2.65. The van der Waals surface area contributed by atoms with Crippen LogP contribution in [0.25, 0.3) is 0 Å². The highest BCUT2D eigenvalue weighted by atomic mass is 35.5. The predicted molar refractivity (Wildman–Crippen MR) is 88.0 cm³/mol. The summed E-state index contributed by atoms with van der Waals surface area (Å²) in [5.74, 6) is 0.787. The molecule has 116 valence electrons. The second kappa shape index (κ2) is 8.62. The Hall–Kier alpha value is -0.770. The minimum absolute atomic E-state index is 0.0878. The van der Waals surface area contributed by atoms with Crippen LogP contribution in [0.2, 0.25) is 10.0 Å². The fourth-order valence-corrected chi connectivity index (χ4v) is 3.15. The van der Waals surface area contributed by atoms with E-state index >= 15 is 0 Å². The highest BCUT2D eigenvalue weighted by molar-refractivity contribution is 6.35. The third-order valence-electron chi connectivity index (χ3n) is 3.91. The molecule has 1 atom stereocenters. The highest BCUT2D eigenvalue weighted by Gasteiger charge is 2.13. The molecule has 0 bridgehead atoms. The number of carbonyl (C=O) groups excluding carboxylic acids is 1. The van der Waals surface area contributed by atoms with Gasteiger partial charge in [-0.2, -0.15) is 0 Å². The molecule has 1 heterocycles. The monoisotopic (exact) mass is 328 g/mol. The first-order chi connectivity index (χ1) is 10.1. The molecule has 0 radical (unpaired) electrons. The Balaban J connectivity index is 1.65. The lowest BCUT2D eigenvalue weighted by Crippen LogP contribution is -2.33. The zero-order valence-corrected chi connectivity index (χ0v) is 13.6. The Bertz CT molecular complexity index is 473. The molecule has 21 heavy (non-hydrogen) atoms. The zero-order valence-electron chi connectivity index (χ0n) is 12.1. The fraction of sp³-hybridized carbons (Fsp3) is 0.562. The van der Waals surface area contributed by atoms with Crippen LogP contribution in [0.15, 0.2) is 18.2 Å². The van der Waals surface area contributed by atoms with Gasteiger partial charge in [-0.15, -0.1) is 0 Å². The molecule has 1 aromatic rings. The number of hydrogen-bond acceptors (Lipinski definition) is 2. The van der Waals surface area contributed by atoms with Gasteiger partial charge in [0.2, 0.25) is 5.91 Å². The van der Waals surface area contributed by atoms with Crippen LogP contribution < -0.4 is 10.6 Å². The molecule has 1 unspecified atom stereocenters. The van der Waals surface area contributed by atoms with Crippen molar-refractivity contribution in [2.45, 2.75) is 32.1 Å². The minimum Gasteiger partial charge on any atom is -0.356 e. The van der Waals surface area contributed by atoms with E-state index in [4.69, 9.17) is 23.2 Å². The SMILES string of the molecule is O=C(CCc1ccc(Cl)cc1Cl)NCCC1CCCNC1. The molecule has 1 fully saturated rings. The van der Waals surface area contributed by atoms with Gasteiger partial charge in [0.1, 0.15) is 0 Å². The van der Waals surface area contributed by atoms with Crippen LogP contribution in [-0.2, 0) is 11.2 Å². The molecule has 2 rings (SSSR count). The predicted octanol–water partition coefficient (Wildman–Crippen LogP) is 3.43. The van der Waals surface area contributed by atoms with E-state index in [-0.39, 0.29) is 5.91 Å². The van der Waals surface area contributed by atoms with Gasteiger partial charge in [0, 0.05) is 23.0 Å². The number of carbonyl (C=O) groups is 1. The molecule has 5 heteroatoms. The van der Waals surface area contributed by atoms with Gasteiger partial charge in [-0.25, -0.2) is 0 Å². The number of nitrogens with one attached hydrogen (secondary N) is 2. The molecule has 0 aromatic heterocycles. The first-order valence-electron chi connectivity index (χ1n) is 7.56. The molecule has 2 N–H and O–H groups in total. The highest BCUT2D eigenvalue weighted by Crippen LogP contribution is 2.22. The summed E-state index contributed by atoms with van der Waals surface area (Å²) in [7, 11) is 0. The summed E-state index contributed by atoms with van der Waals surface area (Å²) in [6.07, 6.45) is 4.68. The van der Waals surface area contributed by atoms with Gasteiger partial charge in [0.05, 0.1) is 0 Å². The molecule has 0 saturated carbocycles. The van der Waals surface area contributed by atoms with Crippen molar-refractivity contribution < 1.29 is 4.79 Å². The maximum absolute atomic E-state index is 11.8. The first-order valence-corrected chi connectivity index (χ1v) is 8.32. The molecule has 1 amide bonds. The minimum atomic E-state index is 0.0878. The lowest BCUT2D eigenvalue weighted by Gasteiger charge is -2.22.